The van der Waals surface area contributed by atoms with Gasteiger partial charge in [0.25, 0.3) is 0 Å². The van der Waals surface area contributed by atoms with Crippen LogP contribution in [0.5, 0.6) is 34.5 Å². The molecule has 0 spiro atoms. The van der Waals surface area contributed by atoms with Crippen molar-refractivity contribution in [2.75, 3.05) is 0 Å². The molecule has 0 N–H and O–H groups in total. The van der Waals surface area contributed by atoms with E-state index in [9.17, 15) is 0 Å². The zero-order valence-corrected chi connectivity index (χ0v) is 37.1. The first-order valence-electron chi connectivity index (χ1n) is 22.9. The van der Waals surface area contributed by atoms with Gasteiger partial charge in [-0.1, -0.05) is 91.0 Å². The SMILES string of the molecule is c1ccc2cc3cc(Oc4ccc(-c5nc(-c6ccc(Oc7ccc8cc9ccccc9cc8c7)cc6)nc(-c6ccc(Oc7ccc8cc9ccccc9cc8c7)cc6)n5)cc4)ccc3cc2c1. The van der Waals surface area contributed by atoms with Crippen LogP contribution in [0.25, 0.3) is 98.8 Å². The Labute approximate surface area is 397 Å². The molecule has 6 nitrogen and oxygen atoms in total. The molecule has 0 aliphatic rings. The summed E-state index contributed by atoms with van der Waals surface area (Å²) in [5.41, 5.74) is 2.47. The van der Waals surface area contributed by atoms with Crippen molar-refractivity contribution in [2.45, 2.75) is 0 Å². The first-order valence-corrected chi connectivity index (χ1v) is 22.9. The molecule has 0 radical (unpaired) electrons. The minimum atomic E-state index is 0.534. The maximum absolute atomic E-state index is 6.38. The standard InChI is InChI=1S/C63H39N3O3/c1-4-10-46-34-52-37-58(28-19-49(52)31-43(46)7-1)67-55-22-13-40(14-23-55)61-64-62(41-15-24-56(25-16-41)68-59-29-20-50-32-44-8-2-5-11-47(44)35-53(50)38-59)66-63(65-61)42-17-26-57(27-18-42)69-60-30-21-51-33-45-9-3-6-12-48(45)36-54(51)39-60/h1-39H. The molecule has 0 aliphatic heterocycles. The zero-order chi connectivity index (χ0) is 45.7. The fourth-order valence-electron chi connectivity index (χ4n) is 9.13. The minimum absolute atomic E-state index is 0.534. The average molecular weight is 886 g/mol. The molecular weight excluding hydrogens is 847 g/mol. The van der Waals surface area contributed by atoms with Gasteiger partial charge in [0.1, 0.15) is 34.5 Å². The second kappa shape index (κ2) is 16.8. The molecule has 0 bridgehead atoms. The molecule has 69 heavy (non-hydrogen) atoms. The third kappa shape index (κ3) is 8.06. The summed E-state index contributed by atoms with van der Waals surface area (Å²) in [6.07, 6.45) is 0. The van der Waals surface area contributed by atoms with Crippen molar-refractivity contribution >= 4 is 64.6 Å². The van der Waals surface area contributed by atoms with E-state index in [4.69, 9.17) is 29.2 Å². The highest BCUT2D eigenvalue weighted by Crippen LogP contribution is 2.35. The van der Waals surface area contributed by atoms with Crippen LogP contribution in [-0.2, 0) is 0 Å². The summed E-state index contributed by atoms with van der Waals surface area (Å²) in [6.45, 7) is 0. The third-order valence-corrected chi connectivity index (χ3v) is 12.7. The molecule has 1 aromatic heterocycles. The van der Waals surface area contributed by atoms with Crippen LogP contribution in [0, 0.1) is 0 Å². The first-order chi connectivity index (χ1) is 34.0. The van der Waals surface area contributed by atoms with Crippen LogP contribution in [0.2, 0.25) is 0 Å². The van der Waals surface area contributed by atoms with Gasteiger partial charge in [-0.2, -0.15) is 0 Å². The summed E-state index contributed by atoms with van der Waals surface area (Å²) in [5, 5.41) is 14.1. The Balaban J connectivity index is 0.797. The smallest absolute Gasteiger partial charge is 0.164 e. The van der Waals surface area contributed by atoms with Crippen LogP contribution >= 0.6 is 0 Å². The lowest BCUT2D eigenvalue weighted by Gasteiger charge is -2.12. The van der Waals surface area contributed by atoms with Crippen LogP contribution < -0.4 is 14.2 Å². The normalized spacial score (nSPS) is 11.5. The molecule has 0 saturated heterocycles. The van der Waals surface area contributed by atoms with Crippen molar-refractivity contribution in [1.82, 2.24) is 15.0 Å². The van der Waals surface area contributed by atoms with Gasteiger partial charge in [0.2, 0.25) is 0 Å². The molecular formula is C63H39N3O3. The highest BCUT2D eigenvalue weighted by atomic mass is 16.5. The summed E-state index contributed by atoms with van der Waals surface area (Å²) in [5.74, 6) is 6.01. The zero-order valence-electron chi connectivity index (χ0n) is 37.1. The Morgan fingerprint density at radius 3 is 0.667 bits per heavy atom. The lowest BCUT2D eigenvalue weighted by molar-refractivity contribution is 0.483. The van der Waals surface area contributed by atoms with Crippen molar-refractivity contribution in [3.05, 3.63) is 237 Å². The van der Waals surface area contributed by atoms with Gasteiger partial charge in [-0.25, -0.2) is 15.0 Å². The number of fused-ring (bicyclic) bond motifs is 6. The third-order valence-electron chi connectivity index (χ3n) is 12.7. The summed E-state index contributed by atoms with van der Waals surface area (Å²) >= 11 is 0. The van der Waals surface area contributed by atoms with Crippen LogP contribution in [0.4, 0.5) is 0 Å². The van der Waals surface area contributed by atoms with Crippen LogP contribution in [0.1, 0.15) is 0 Å². The van der Waals surface area contributed by atoms with Gasteiger partial charge in [0, 0.05) is 16.7 Å². The fourth-order valence-corrected chi connectivity index (χ4v) is 9.13. The van der Waals surface area contributed by atoms with E-state index in [0.29, 0.717) is 34.7 Å². The number of rotatable bonds is 9. The largest absolute Gasteiger partial charge is 0.457 e. The highest BCUT2D eigenvalue weighted by Gasteiger charge is 2.15. The molecule has 1 heterocycles. The van der Waals surface area contributed by atoms with Gasteiger partial charge in [0.05, 0.1) is 0 Å². The van der Waals surface area contributed by atoms with Gasteiger partial charge in [-0.3, -0.25) is 0 Å². The fraction of sp³-hybridized carbons (Fsp3) is 0. The maximum atomic E-state index is 6.38. The van der Waals surface area contributed by atoms with E-state index in [1.54, 1.807) is 0 Å². The Morgan fingerprint density at radius 1 is 0.188 bits per heavy atom. The number of ether oxygens (including phenoxy) is 3. The molecule has 6 heteroatoms. The Kier molecular flexibility index (Phi) is 9.72. The van der Waals surface area contributed by atoms with E-state index in [-0.39, 0.29) is 0 Å². The number of nitrogens with zero attached hydrogens (tertiary/aromatic N) is 3. The lowest BCUT2D eigenvalue weighted by atomic mass is 10.0. The van der Waals surface area contributed by atoms with Crippen molar-refractivity contribution in [2.24, 2.45) is 0 Å². The van der Waals surface area contributed by atoms with E-state index < -0.39 is 0 Å². The predicted molar refractivity (Wildman–Crippen MR) is 281 cm³/mol. The molecule has 0 saturated carbocycles. The number of hydrogen-bond acceptors (Lipinski definition) is 6. The first kappa shape index (κ1) is 39.9. The second-order valence-corrected chi connectivity index (χ2v) is 17.3. The quantitative estimate of drug-likeness (QED) is 0.135. The molecule has 0 fully saturated rings. The summed E-state index contributed by atoms with van der Waals surface area (Å²) in [4.78, 5) is 15.1. The molecule has 12 aromatic carbocycles. The van der Waals surface area contributed by atoms with Crippen LogP contribution in [0.3, 0.4) is 0 Å². The van der Waals surface area contributed by atoms with E-state index in [0.717, 1.165) is 50.1 Å². The Hall–Kier alpha value is -9.39. The lowest BCUT2D eigenvalue weighted by Crippen LogP contribution is -2.00. The van der Waals surface area contributed by atoms with Gasteiger partial charge < -0.3 is 14.2 Å². The van der Waals surface area contributed by atoms with Gasteiger partial charge in [-0.15, -0.1) is 0 Å². The summed E-state index contributed by atoms with van der Waals surface area (Å²) in [7, 11) is 0. The summed E-state index contributed by atoms with van der Waals surface area (Å²) < 4.78 is 19.1. The monoisotopic (exact) mass is 885 g/mol. The van der Waals surface area contributed by atoms with Crippen molar-refractivity contribution in [3.63, 3.8) is 0 Å². The molecule has 13 aromatic rings. The molecule has 13 rings (SSSR count). The van der Waals surface area contributed by atoms with Gasteiger partial charge in [-0.05, 0) is 210 Å². The molecule has 0 amide bonds. The molecule has 0 aliphatic carbocycles. The maximum Gasteiger partial charge on any atom is 0.164 e. The summed E-state index contributed by atoms with van der Waals surface area (Å²) in [6, 6.07) is 80.7. The highest BCUT2D eigenvalue weighted by molar-refractivity contribution is 6.01. The van der Waals surface area contributed by atoms with Crippen molar-refractivity contribution in [3.8, 4) is 68.7 Å². The molecule has 324 valence electrons. The van der Waals surface area contributed by atoms with Gasteiger partial charge >= 0.3 is 0 Å². The van der Waals surface area contributed by atoms with E-state index in [1.807, 2.05) is 91.0 Å². The van der Waals surface area contributed by atoms with Crippen molar-refractivity contribution in [1.29, 1.82) is 0 Å². The predicted octanol–water partition coefficient (Wildman–Crippen LogP) is 17.2. The van der Waals surface area contributed by atoms with E-state index in [1.165, 1.54) is 48.5 Å². The topological polar surface area (TPSA) is 66.4 Å². The van der Waals surface area contributed by atoms with Crippen LogP contribution in [0.15, 0.2) is 237 Å². The average Bonchev–Trinajstić information content (AvgIpc) is 3.39. The number of hydrogen-bond donors (Lipinski definition) is 0. The minimum Gasteiger partial charge on any atom is -0.457 e. The molecule has 0 unspecified atom stereocenters. The second-order valence-electron chi connectivity index (χ2n) is 17.3. The van der Waals surface area contributed by atoms with E-state index in [2.05, 4.69) is 146 Å². The number of aromatic nitrogens is 3. The molecule has 0 atom stereocenters. The van der Waals surface area contributed by atoms with Gasteiger partial charge in [0.15, 0.2) is 17.5 Å². The number of benzene rings is 12. The Bertz CT molecular complexity index is 3660. The van der Waals surface area contributed by atoms with Crippen LogP contribution in [-0.4, -0.2) is 15.0 Å². The van der Waals surface area contributed by atoms with Crippen molar-refractivity contribution < 1.29 is 14.2 Å². The van der Waals surface area contributed by atoms with E-state index >= 15 is 0 Å². The Morgan fingerprint density at radius 2 is 0.406 bits per heavy atom.